The molecule has 0 radical (unpaired) electrons. The number of hydrogen-bond acceptors (Lipinski definition) is 4. The van der Waals surface area contributed by atoms with E-state index in [0.717, 1.165) is 22.2 Å². The zero-order valence-corrected chi connectivity index (χ0v) is 10.2. The van der Waals surface area contributed by atoms with Crippen molar-refractivity contribution < 1.29 is 0 Å². The fourth-order valence-corrected chi connectivity index (χ4v) is 1.76. The van der Waals surface area contributed by atoms with Gasteiger partial charge in [0.05, 0.1) is 0 Å². The Morgan fingerprint density at radius 3 is 2.56 bits per heavy atom. The summed E-state index contributed by atoms with van der Waals surface area (Å²) in [6.45, 7) is 0.607. The number of rotatable bonds is 3. The van der Waals surface area contributed by atoms with Crippen LogP contribution in [0.3, 0.4) is 0 Å². The zero-order chi connectivity index (χ0) is 11.4. The first kappa shape index (κ1) is 11.2. The maximum absolute atomic E-state index is 5.46. The second-order valence-electron chi connectivity index (χ2n) is 3.29. The molecule has 2 aromatic heterocycles. The first-order chi connectivity index (χ1) is 7.81. The molecule has 0 saturated carbocycles. The highest BCUT2D eigenvalue weighted by Crippen LogP contribution is 2.21. The molecule has 0 bridgehead atoms. The van der Waals surface area contributed by atoms with Gasteiger partial charge in [-0.2, -0.15) is 0 Å². The molecule has 16 heavy (non-hydrogen) atoms. The van der Waals surface area contributed by atoms with E-state index in [1.165, 1.54) is 0 Å². The highest BCUT2D eigenvalue weighted by atomic mass is 79.9. The minimum Gasteiger partial charge on any atom is -0.330 e. The summed E-state index contributed by atoms with van der Waals surface area (Å²) in [5.41, 5.74) is 7.25. The van der Waals surface area contributed by atoms with Gasteiger partial charge >= 0.3 is 0 Å². The van der Waals surface area contributed by atoms with Crippen LogP contribution < -0.4 is 5.73 Å². The topological polar surface area (TPSA) is 64.7 Å². The Labute approximate surface area is 102 Å². The third-order valence-corrected chi connectivity index (χ3v) is 2.75. The quantitative estimate of drug-likeness (QED) is 0.930. The van der Waals surface area contributed by atoms with Crippen molar-refractivity contribution in [1.29, 1.82) is 0 Å². The van der Waals surface area contributed by atoms with E-state index in [-0.39, 0.29) is 0 Å². The first-order valence-electron chi connectivity index (χ1n) is 4.93. The van der Waals surface area contributed by atoms with Gasteiger partial charge in [0.2, 0.25) is 0 Å². The molecule has 0 unspecified atom stereocenters. The third kappa shape index (κ3) is 2.43. The van der Waals surface area contributed by atoms with E-state index < -0.39 is 0 Å². The smallest absolute Gasteiger partial charge is 0.179 e. The van der Waals surface area contributed by atoms with Crippen molar-refractivity contribution in [3.63, 3.8) is 0 Å². The molecule has 0 fully saturated rings. The van der Waals surface area contributed by atoms with Gasteiger partial charge in [-0.1, -0.05) is 0 Å². The standard InChI is InChI=1S/C11H11BrN4/c12-9-2-1-5-14-10(9)11-15-6-8(3-4-13)7-16-11/h1-2,5-7H,3-4,13H2. The maximum Gasteiger partial charge on any atom is 0.179 e. The van der Waals surface area contributed by atoms with E-state index in [1.54, 1.807) is 18.6 Å². The van der Waals surface area contributed by atoms with Gasteiger partial charge in [-0.15, -0.1) is 0 Å². The largest absolute Gasteiger partial charge is 0.330 e. The van der Waals surface area contributed by atoms with Crippen LogP contribution in [0.5, 0.6) is 0 Å². The molecule has 2 heterocycles. The summed E-state index contributed by atoms with van der Waals surface area (Å²) >= 11 is 3.42. The van der Waals surface area contributed by atoms with E-state index in [1.807, 2.05) is 12.1 Å². The summed E-state index contributed by atoms with van der Waals surface area (Å²) in [4.78, 5) is 12.8. The minimum absolute atomic E-state index is 0.607. The molecule has 2 aromatic rings. The molecule has 4 nitrogen and oxygen atoms in total. The van der Waals surface area contributed by atoms with Crippen molar-refractivity contribution in [1.82, 2.24) is 15.0 Å². The minimum atomic E-state index is 0.607. The molecule has 0 amide bonds. The van der Waals surface area contributed by atoms with Crippen LogP contribution in [0.2, 0.25) is 0 Å². The van der Waals surface area contributed by atoms with Crippen molar-refractivity contribution in [3.05, 3.63) is 40.8 Å². The molecule has 0 atom stereocenters. The molecule has 0 aliphatic carbocycles. The fraction of sp³-hybridized carbons (Fsp3) is 0.182. The van der Waals surface area contributed by atoms with Gasteiger partial charge in [0.25, 0.3) is 0 Å². The molecule has 0 spiro atoms. The molecule has 2 N–H and O–H groups in total. The Morgan fingerprint density at radius 2 is 1.94 bits per heavy atom. The highest BCUT2D eigenvalue weighted by molar-refractivity contribution is 9.10. The van der Waals surface area contributed by atoms with Crippen LogP contribution in [0, 0.1) is 0 Å². The van der Waals surface area contributed by atoms with E-state index >= 15 is 0 Å². The van der Waals surface area contributed by atoms with Crippen molar-refractivity contribution in [2.24, 2.45) is 5.73 Å². The fourth-order valence-electron chi connectivity index (χ4n) is 1.32. The molecule has 0 saturated heterocycles. The lowest BCUT2D eigenvalue weighted by Crippen LogP contribution is -2.04. The molecular weight excluding hydrogens is 268 g/mol. The number of hydrogen-bond donors (Lipinski definition) is 1. The molecule has 82 valence electrons. The molecule has 0 aromatic carbocycles. The monoisotopic (exact) mass is 278 g/mol. The molecular formula is C11H11BrN4. The van der Waals surface area contributed by atoms with Crippen LogP contribution in [0.1, 0.15) is 5.56 Å². The molecule has 2 rings (SSSR count). The van der Waals surface area contributed by atoms with Gasteiger partial charge in [-0.3, -0.25) is 4.98 Å². The Balaban J connectivity index is 2.31. The Morgan fingerprint density at radius 1 is 1.19 bits per heavy atom. The normalized spacial score (nSPS) is 10.4. The summed E-state index contributed by atoms with van der Waals surface area (Å²) in [6.07, 6.45) is 6.09. The van der Waals surface area contributed by atoms with Crippen LogP contribution in [0.25, 0.3) is 11.5 Å². The van der Waals surface area contributed by atoms with Gasteiger partial charge in [0.15, 0.2) is 5.82 Å². The highest BCUT2D eigenvalue weighted by Gasteiger charge is 2.06. The van der Waals surface area contributed by atoms with Gasteiger partial charge < -0.3 is 5.73 Å². The van der Waals surface area contributed by atoms with Crippen molar-refractivity contribution in [2.75, 3.05) is 6.54 Å². The second-order valence-corrected chi connectivity index (χ2v) is 4.14. The van der Waals surface area contributed by atoms with Gasteiger partial charge in [0.1, 0.15) is 5.69 Å². The molecule has 0 aliphatic heterocycles. The van der Waals surface area contributed by atoms with Crippen molar-refractivity contribution >= 4 is 15.9 Å². The van der Waals surface area contributed by atoms with Crippen molar-refractivity contribution in [3.8, 4) is 11.5 Å². The average molecular weight is 279 g/mol. The lowest BCUT2D eigenvalue weighted by Gasteiger charge is -2.02. The summed E-state index contributed by atoms with van der Waals surface area (Å²) < 4.78 is 0.890. The summed E-state index contributed by atoms with van der Waals surface area (Å²) in [7, 11) is 0. The number of nitrogens with two attached hydrogens (primary N) is 1. The van der Waals surface area contributed by atoms with E-state index in [4.69, 9.17) is 5.73 Å². The Bertz CT molecular complexity index is 470. The maximum atomic E-state index is 5.46. The Kier molecular flexibility index (Phi) is 3.58. The average Bonchev–Trinajstić information content (AvgIpc) is 2.31. The van der Waals surface area contributed by atoms with E-state index in [2.05, 4.69) is 30.9 Å². The van der Waals surface area contributed by atoms with Crippen LogP contribution >= 0.6 is 15.9 Å². The summed E-state index contributed by atoms with van der Waals surface area (Å²) in [5.74, 6) is 0.619. The van der Waals surface area contributed by atoms with Gasteiger partial charge in [0, 0.05) is 23.1 Å². The van der Waals surface area contributed by atoms with E-state index in [0.29, 0.717) is 12.4 Å². The lowest BCUT2D eigenvalue weighted by molar-refractivity contribution is 0.941. The molecule has 0 aliphatic rings. The molecule has 5 heteroatoms. The predicted molar refractivity (Wildman–Crippen MR) is 65.7 cm³/mol. The van der Waals surface area contributed by atoms with Crippen molar-refractivity contribution in [2.45, 2.75) is 6.42 Å². The lowest BCUT2D eigenvalue weighted by atomic mass is 10.2. The van der Waals surface area contributed by atoms with Crippen LogP contribution in [0.15, 0.2) is 35.2 Å². The number of halogens is 1. The number of pyridine rings is 1. The number of nitrogens with zero attached hydrogens (tertiary/aromatic N) is 3. The van der Waals surface area contributed by atoms with Gasteiger partial charge in [-0.05, 0) is 46.6 Å². The van der Waals surface area contributed by atoms with Gasteiger partial charge in [-0.25, -0.2) is 9.97 Å². The second kappa shape index (κ2) is 5.14. The van der Waals surface area contributed by atoms with E-state index in [9.17, 15) is 0 Å². The van der Waals surface area contributed by atoms with Crippen LogP contribution in [-0.4, -0.2) is 21.5 Å². The van der Waals surface area contributed by atoms with Crippen LogP contribution in [-0.2, 0) is 6.42 Å². The summed E-state index contributed by atoms with van der Waals surface area (Å²) in [5, 5.41) is 0. The third-order valence-electron chi connectivity index (χ3n) is 2.11. The first-order valence-corrected chi connectivity index (χ1v) is 5.72. The Hall–Kier alpha value is -1.33. The predicted octanol–water partition coefficient (Wildman–Crippen LogP) is 1.80. The zero-order valence-electron chi connectivity index (χ0n) is 8.60. The number of aromatic nitrogens is 3. The van der Waals surface area contributed by atoms with Crippen LogP contribution in [0.4, 0.5) is 0 Å². The summed E-state index contributed by atoms with van der Waals surface area (Å²) in [6, 6.07) is 3.77. The SMILES string of the molecule is NCCc1cnc(-c2ncccc2Br)nc1.